The lowest BCUT2D eigenvalue weighted by Gasteiger charge is -2.06. The second kappa shape index (κ2) is 7.32. The quantitative estimate of drug-likeness (QED) is 0.301. The number of nitro benzene ring substituents is 1. The summed E-state index contributed by atoms with van der Waals surface area (Å²) < 4.78 is 0. The van der Waals surface area contributed by atoms with Crippen molar-refractivity contribution >= 4 is 17.3 Å². The zero-order chi connectivity index (χ0) is 14.3. The Labute approximate surface area is 111 Å². The van der Waals surface area contributed by atoms with Gasteiger partial charge in [0.2, 0.25) is 0 Å². The number of nitrogens with one attached hydrogen (secondary N) is 2. The van der Waals surface area contributed by atoms with Crippen LogP contribution >= 0.6 is 0 Å². The number of nitrogens with two attached hydrogens (primary N) is 1. The molecule has 1 aromatic carbocycles. The normalized spacial score (nSPS) is 10.0. The van der Waals surface area contributed by atoms with Gasteiger partial charge in [-0.05, 0) is 18.6 Å². The monoisotopic (exact) mass is 266 g/mol. The summed E-state index contributed by atoms with van der Waals surface area (Å²) in [6, 6.07) is 4.13. The molecule has 0 atom stereocenters. The lowest BCUT2D eigenvalue weighted by molar-refractivity contribution is -0.384. The van der Waals surface area contributed by atoms with Gasteiger partial charge in [-0.25, -0.2) is 0 Å². The Morgan fingerprint density at radius 1 is 1.42 bits per heavy atom. The Hall–Kier alpha value is -2.15. The summed E-state index contributed by atoms with van der Waals surface area (Å²) in [5.41, 5.74) is 2.44. The number of benzene rings is 1. The lowest BCUT2D eigenvalue weighted by atomic mass is 10.1. The molecule has 104 valence electrons. The first-order valence-electron chi connectivity index (χ1n) is 6.13. The molecule has 0 saturated heterocycles. The summed E-state index contributed by atoms with van der Waals surface area (Å²) in [5.74, 6) is 4.86. The van der Waals surface area contributed by atoms with E-state index < -0.39 is 4.92 Å². The Morgan fingerprint density at radius 3 is 2.74 bits per heavy atom. The summed E-state index contributed by atoms with van der Waals surface area (Å²) in [5, 5.41) is 13.6. The van der Waals surface area contributed by atoms with Gasteiger partial charge in [0, 0.05) is 18.2 Å². The summed E-state index contributed by atoms with van der Waals surface area (Å²) >= 11 is 0. The van der Waals surface area contributed by atoms with Crippen molar-refractivity contribution in [3.05, 3.63) is 33.9 Å². The van der Waals surface area contributed by atoms with E-state index in [9.17, 15) is 14.9 Å². The van der Waals surface area contributed by atoms with Crippen LogP contribution in [-0.4, -0.2) is 17.4 Å². The molecule has 0 aliphatic carbocycles. The highest BCUT2D eigenvalue weighted by atomic mass is 16.6. The zero-order valence-electron chi connectivity index (χ0n) is 10.8. The highest BCUT2D eigenvalue weighted by molar-refractivity contribution is 5.95. The Kier molecular flexibility index (Phi) is 5.74. The van der Waals surface area contributed by atoms with Crippen LogP contribution in [0.2, 0.25) is 0 Å². The molecule has 0 fully saturated rings. The predicted octanol–water partition coefficient (Wildman–Crippen LogP) is 1.80. The van der Waals surface area contributed by atoms with Crippen molar-refractivity contribution in [3.8, 4) is 0 Å². The van der Waals surface area contributed by atoms with Crippen molar-refractivity contribution in [1.82, 2.24) is 5.32 Å². The molecule has 0 saturated carbocycles. The van der Waals surface area contributed by atoms with E-state index in [0.29, 0.717) is 6.54 Å². The molecule has 7 heteroatoms. The maximum absolute atomic E-state index is 11.8. The highest BCUT2D eigenvalue weighted by Crippen LogP contribution is 2.24. The fraction of sp³-hybridized carbons (Fsp3) is 0.417. The van der Waals surface area contributed by atoms with Gasteiger partial charge in [-0.3, -0.25) is 20.8 Å². The van der Waals surface area contributed by atoms with E-state index in [1.54, 1.807) is 0 Å². The van der Waals surface area contributed by atoms with Crippen molar-refractivity contribution in [2.75, 3.05) is 12.0 Å². The van der Waals surface area contributed by atoms with Crippen LogP contribution in [0.1, 0.15) is 36.5 Å². The third kappa shape index (κ3) is 4.22. The summed E-state index contributed by atoms with van der Waals surface area (Å²) in [6.07, 6.45) is 3.00. The number of nitrogens with zero attached hydrogens (tertiary/aromatic N) is 1. The fourth-order valence-electron chi connectivity index (χ4n) is 1.62. The first kappa shape index (κ1) is 14.9. The second-order valence-corrected chi connectivity index (χ2v) is 4.10. The number of carbonyl (C=O) groups is 1. The van der Waals surface area contributed by atoms with E-state index in [1.807, 2.05) is 0 Å². The molecule has 0 unspecified atom stereocenters. The van der Waals surface area contributed by atoms with Gasteiger partial charge < -0.3 is 10.7 Å². The molecule has 1 aromatic rings. The first-order chi connectivity index (χ1) is 9.10. The van der Waals surface area contributed by atoms with Gasteiger partial charge in [-0.2, -0.15) is 0 Å². The van der Waals surface area contributed by atoms with Crippen LogP contribution < -0.4 is 16.6 Å². The number of nitro groups is 1. The Balaban J connectivity index is 2.75. The van der Waals surface area contributed by atoms with Crippen molar-refractivity contribution in [1.29, 1.82) is 0 Å². The molecule has 0 aromatic heterocycles. The largest absolute Gasteiger partial charge is 0.352 e. The fourth-order valence-corrected chi connectivity index (χ4v) is 1.62. The number of hydrogen-bond donors (Lipinski definition) is 3. The minimum atomic E-state index is -0.580. The van der Waals surface area contributed by atoms with Crippen LogP contribution in [-0.2, 0) is 0 Å². The molecule has 0 radical (unpaired) electrons. The standard InChI is InChI=1S/C12H18N4O3/c1-2-3-4-7-14-12(17)9-5-6-10(15-13)11(8-9)16(18)19/h5-6,8,15H,2-4,7,13H2,1H3,(H,14,17). The molecule has 19 heavy (non-hydrogen) atoms. The zero-order valence-corrected chi connectivity index (χ0v) is 10.8. The van der Waals surface area contributed by atoms with Gasteiger partial charge >= 0.3 is 0 Å². The number of carbonyl (C=O) groups excluding carboxylic acids is 1. The van der Waals surface area contributed by atoms with Gasteiger partial charge in [-0.15, -0.1) is 0 Å². The molecular weight excluding hydrogens is 248 g/mol. The Bertz CT molecular complexity index is 462. The van der Waals surface area contributed by atoms with E-state index in [-0.39, 0.29) is 22.8 Å². The third-order valence-corrected chi connectivity index (χ3v) is 2.68. The summed E-state index contributed by atoms with van der Waals surface area (Å²) in [4.78, 5) is 22.0. The van der Waals surface area contributed by atoms with E-state index in [0.717, 1.165) is 19.3 Å². The number of amides is 1. The SMILES string of the molecule is CCCCCNC(=O)c1ccc(NN)c([N+](=O)[O-])c1. The van der Waals surface area contributed by atoms with E-state index >= 15 is 0 Å². The average molecular weight is 266 g/mol. The molecular formula is C12H18N4O3. The molecule has 0 aliphatic heterocycles. The minimum absolute atomic E-state index is 0.174. The summed E-state index contributed by atoms with van der Waals surface area (Å²) in [7, 11) is 0. The number of hydrogen-bond acceptors (Lipinski definition) is 5. The topological polar surface area (TPSA) is 110 Å². The molecule has 0 spiro atoms. The van der Waals surface area contributed by atoms with Gasteiger partial charge in [0.15, 0.2) is 0 Å². The first-order valence-corrected chi connectivity index (χ1v) is 6.13. The molecule has 4 N–H and O–H groups in total. The molecule has 0 heterocycles. The van der Waals surface area contributed by atoms with Crippen LogP contribution in [0.15, 0.2) is 18.2 Å². The highest BCUT2D eigenvalue weighted by Gasteiger charge is 2.16. The van der Waals surface area contributed by atoms with Gasteiger partial charge in [-0.1, -0.05) is 19.8 Å². The molecule has 1 amide bonds. The number of unbranched alkanes of at least 4 members (excludes halogenated alkanes) is 2. The van der Waals surface area contributed by atoms with Crippen molar-refractivity contribution in [3.63, 3.8) is 0 Å². The smallest absolute Gasteiger partial charge is 0.294 e. The van der Waals surface area contributed by atoms with Crippen LogP contribution in [0, 0.1) is 10.1 Å². The molecule has 7 nitrogen and oxygen atoms in total. The second-order valence-electron chi connectivity index (χ2n) is 4.10. The average Bonchev–Trinajstić information content (AvgIpc) is 2.42. The lowest BCUT2D eigenvalue weighted by Crippen LogP contribution is -2.24. The van der Waals surface area contributed by atoms with Gasteiger partial charge in [0.05, 0.1) is 4.92 Å². The van der Waals surface area contributed by atoms with Crippen LogP contribution in [0.4, 0.5) is 11.4 Å². The third-order valence-electron chi connectivity index (χ3n) is 2.68. The van der Waals surface area contributed by atoms with E-state index in [2.05, 4.69) is 17.7 Å². The number of anilines is 1. The maximum Gasteiger partial charge on any atom is 0.294 e. The van der Waals surface area contributed by atoms with Crippen molar-refractivity contribution in [2.45, 2.75) is 26.2 Å². The van der Waals surface area contributed by atoms with Crippen molar-refractivity contribution in [2.24, 2.45) is 5.84 Å². The molecule has 1 rings (SSSR count). The summed E-state index contributed by atoms with van der Waals surface area (Å²) in [6.45, 7) is 2.64. The number of rotatable bonds is 7. The Morgan fingerprint density at radius 2 is 2.16 bits per heavy atom. The van der Waals surface area contributed by atoms with Gasteiger partial charge in [0.25, 0.3) is 11.6 Å². The van der Waals surface area contributed by atoms with Crippen molar-refractivity contribution < 1.29 is 9.72 Å². The van der Waals surface area contributed by atoms with E-state index in [1.165, 1.54) is 18.2 Å². The van der Waals surface area contributed by atoms with Crippen LogP contribution in [0.25, 0.3) is 0 Å². The number of nitrogen functional groups attached to an aromatic ring is 1. The molecule has 0 aliphatic rings. The maximum atomic E-state index is 11.8. The van der Waals surface area contributed by atoms with Gasteiger partial charge in [0.1, 0.15) is 5.69 Å². The van der Waals surface area contributed by atoms with E-state index in [4.69, 9.17) is 5.84 Å². The predicted molar refractivity (Wildman–Crippen MR) is 72.8 cm³/mol. The van der Waals surface area contributed by atoms with Crippen LogP contribution in [0.5, 0.6) is 0 Å². The minimum Gasteiger partial charge on any atom is -0.352 e. The molecule has 0 bridgehead atoms. The van der Waals surface area contributed by atoms with Crippen LogP contribution in [0.3, 0.4) is 0 Å². The number of hydrazine groups is 1.